The Morgan fingerprint density at radius 1 is 1.04 bits per heavy atom. The predicted molar refractivity (Wildman–Crippen MR) is 92.6 cm³/mol. The minimum atomic E-state index is -1.03. The van der Waals surface area contributed by atoms with Crippen molar-refractivity contribution in [2.75, 3.05) is 11.9 Å². The predicted octanol–water partition coefficient (Wildman–Crippen LogP) is 3.26. The summed E-state index contributed by atoms with van der Waals surface area (Å²) in [4.78, 5) is 22.8. The van der Waals surface area contributed by atoms with E-state index in [1.807, 2.05) is 39.0 Å². The number of amides is 1. The van der Waals surface area contributed by atoms with Crippen molar-refractivity contribution in [3.05, 3.63) is 58.7 Å². The monoisotopic (exact) mass is 327 g/mol. The van der Waals surface area contributed by atoms with Crippen molar-refractivity contribution in [3.63, 3.8) is 0 Å². The fourth-order valence-electron chi connectivity index (χ4n) is 2.49. The van der Waals surface area contributed by atoms with E-state index in [9.17, 15) is 9.59 Å². The highest BCUT2D eigenvalue weighted by atomic mass is 16.5. The number of anilines is 1. The van der Waals surface area contributed by atoms with E-state index in [1.165, 1.54) is 0 Å². The van der Waals surface area contributed by atoms with Crippen LogP contribution in [-0.4, -0.2) is 23.6 Å². The number of aliphatic carboxylic acids is 1. The third-order valence-corrected chi connectivity index (χ3v) is 3.82. The number of nitrogens with one attached hydrogen (secondary N) is 1. The molecule has 0 heterocycles. The minimum Gasteiger partial charge on any atom is -0.482 e. The van der Waals surface area contributed by atoms with Gasteiger partial charge in [0.15, 0.2) is 6.61 Å². The quantitative estimate of drug-likeness (QED) is 0.854. The van der Waals surface area contributed by atoms with Gasteiger partial charge in [-0.1, -0.05) is 18.2 Å². The van der Waals surface area contributed by atoms with Crippen LogP contribution in [0, 0.1) is 20.8 Å². The molecule has 0 fully saturated rings. The zero-order chi connectivity index (χ0) is 17.7. The van der Waals surface area contributed by atoms with E-state index in [-0.39, 0.29) is 5.91 Å². The Balaban J connectivity index is 2.05. The van der Waals surface area contributed by atoms with Crippen molar-refractivity contribution in [1.82, 2.24) is 0 Å². The van der Waals surface area contributed by atoms with Crippen LogP contribution in [0.1, 0.15) is 22.3 Å². The van der Waals surface area contributed by atoms with Crippen LogP contribution in [0.2, 0.25) is 0 Å². The van der Waals surface area contributed by atoms with Gasteiger partial charge in [-0.2, -0.15) is 0 Å². The maximum absolute atomic E-state index is 12.3. The number of carboxylic acids is 1. The SMILES string of the molecule is Cc1cc(OCC(=O)O)ccc1NC(=O)Cc1c(C)cccc1C. The Hall–Kier alpha value is -2.82. The first kappa shape index (κ1) is 17.5. The fourth-order valence-corrected chi connectivity index (χ4v) is 2.49. The van der Waals surface area contributed by atoms with Crippen LogP contribution < -0.4 is 10.1 Å². The summed E-state index contributed by atoms with van der Waals surface area (Å²) in [6.45, 7) is 5.44. The molecule has 126 valence electrons. The molecule has 0 aromatic heterocycles. The Morgan fingerprint density at radius 3 is 2.29 bits per heavy atom. The summed E-state index contributed by atoms with van der Waals surface area (Å²) >= 11 is 0. The number of benzene rings is 2. The third kappa shape index (κ3) is 4.59. The Morgan fingerprint density at radius 2 is 1.71 bits per heavy atom. The van der Waals surface area contributed by atoms with Crippen molar-refractivity contribution in [3.8, 4) is 5.75 Å². The number of aryl methyl sites for hydroxylation is 3. The molecule has 0 aliphatic carbocycles. The van der Waals surface area contributed by atoms with Gasteiger partial charge in [-0.15, -0.1) is 0 Å². The zero-order valence-electron chi connectivity index (χ0n) is 14.1. The van der Waals surface area contributed by atoms with E-state index in [0.29, 0.717) is 17.9 Å². The van der Waals surface area contributed by atoms with E-state index in [1.54, 1.807) is 18.2 Å². The van der Waals surface area contributed by atoms with Crippen LogP contribution >= 0.6 is 0 Å². The van der Waals surface area contributed by atoms with Gasteiger partial charge in [-0.25, -0.2) is 4.79 Å². The molecule has 0 atom stereocenters. The number of rotatable bonds is 6. The Bertz CT molecular complexity index is 748. The molecule has 1 amide bonds. The molecule has 5 heteroatoms. The van der Waals surface area contributed by atoms with Gasteiger partial charge in [0, 0.05) is 5.69 Å². The zero-order valence-corrected chi connectivity index (χ0v) is 14.1. The van der Waals surface area contributed by atoms with Crippen LogP contribution in [-0.2, 0) is 16.0 Å². The molecule has 0 unspecified atom stereocenters. The summed E-state index contributed by atoms with van der Waals surface area (Å²) in [6.07, 6.45) is 0.315. The number of hydrogen-bond donors (Lipinski definition) is 2. The molecule has 0 radical (unpaired) electrons. The second kappa shape index (κ2) is 7.64. The topological polar surface area (TPSA) is 75.6 Å². The highest BCUT2D eigenvalue weighted by Crippen LogP contribution is 2.22. The van der Waals surface area contributed by atoms with Crippen molar-refractivity contribution in [1.29, 1.82) is 0 Å². The first-order valence-corrected chi connectivity index (χ1v) is 7.67. The molecule has 2 aromatic rings. The smallest absolute Gasteiger partial charge is 0.341 e. The number of carboxylic acid groups (broad SMARTS) is 1. The maximum atomic E-state index is 12.3. The summed E-state index contributed by atoms with van der Waals surface area (Å²) in [5, 5.41) is 11.5. The van der Waals surface area contributed by atoms with Crippen LogP contribution in [0.5, 0.6) is 5.75 Å². The van der Waals surface area contributed by atoms with Gasteiger partial charge in [0.1, 0.15) is 5.75 Å². The maximum Gasteiger partial charge on any atom is 0.341 e. The largest absolute Gasteiger partial charge is 0.482 e. The average molecular weight is 327 g/mol. The molecule has 24 heavy (non-hydrogen) atoms. The Labute approximate surface area is 141 Å². The van der Waals surface area contributed by atoms with E-state index >= 15 is 0 Å². The van der Waals surface area contributed by atoms with Crippen molar-refractivity contribution in [2.45, 2.75) is 27.2 Å². The fraction of sp³-hybridized carbons (Fsp3) is 0.263. The molecule has 2 rings (SSSR count). The molecule has 0 aliphatic heterocycles. The number of carbonyl (C=O) groups is 2. The molecule has 0 saturated carbocycles. The molecular formula is C19H21NO4. The van der Waals surface area contributed by atoms with E-state index < -0.39 is 12.6 Å². The van der Waals surface area contributed by atoms with Crippen LogP contribution in [0.15, 0.2) is 36.4 Å². The lowest BCUT2D eigenvalue weighted by Gasteiger charge is -2.12. The van der Waals surface area contributed by atoms with Gasteiger partial charge < -0.3 is 15.2 Å². The van der Waals surface area contributed by atoms with Crippen LogP contribution in [0.25, 0.3) is 0 Å². The third-order valence-electron chi connectivity index (χ3n) is 3.82. The van der Waals surface area contributed by atoms with Gasteiger partial charge in [0.2, 0.25) is 5.91 Å². The molecule has 0 saturated heterocycles. The van der Waals surface area contributed by atoms with Gasteiger partial charge in [0.05, 0.1) is 6.42 Å². The second-order valence-electron chi connectivity index (χ2n) is 5.75. The molecule has 5 nitrogen and oxygen atoms in total. The highest BCUT2D eigenvalue weighted by molar-refractivity contribution is 5.93. The van der Waals surface area contributed by atoms with Gasteiger partial charge in [0.25, 0.3) is 0 Å². The van der Waals surface area contributed by atoms with Crippen molar-refractivity contribution >= 4 is 17.6 Å². The highest BCUT2D eigenvalue weighted by Gasteiger charge is 2.10. The van der Waals surface area contributed by atoms with Crippen LogP contribution in [0.4, 0.5) is 5.69 Å². The summed E-state index contributed by atoms with van der Waals surface area (Å²) in [7, 11) is 0. The summed E-state index contributed by atoms with van der Waals surface area (Å²) < 4.78 is 5.12. The number of ether oxygens (including phenoxy) is 1. The van der Waals surface area contributed by atoms with Gasteiger partial charge >= 0.3 is 5.97 Å². The lowest BCUT2D eigenvalue weighted by Crippen LogP contribution is -2.16. The molecule has 0 aliphatic rings. The van der Waals surface area contributed by atoms with E-state index in [4.69, 9.17) is 9.84 Å². The lowest BCUT2D eigenvalue weighted by atomic mass is 10.00. The molecule has 2 N–H and O–H groups in total. The number of carbonyl (C=O) groups excluding carboxylic acids is 1. The first-order valence-electron chi connectivity index (χ1n) is 7.67. The summed E-state index contributed by atoms with van der Waals surface area (Å²) in [5.74, 6) is -0.656. The number of hydrogen-bond acceptors (Lipinski definition) is 3. The molecular weight excluding hydrogens is 306 g/mol. The van der Waals surface area contributed by atoms with E-state index in [2.05, 4.69) is 5.32 Å². The molecule has 2 aromatic carbocycles. The second-order valence-corrected chi connectivity index (χ2v) is 5.75. The Kier molecular flexibility index (Phi) is 5.58. The standard InChI is InChI=1S/C19H21NO4/c1-12-5-4-6-13(2)16(12)10-18(21)20-17-8-7-15(9-14(17)3)24-11-19(22)23/h4-9H,10-11H2,1-3H3,(H,20,21)(H,22,23). The molecule has 0 spiro atoms. The van der Waals surface area contributed by atoms with Crippen molar-refractivity contribution < 1.29 is 19.4 Å². The van der Waals surface area contributed by atoms with E-state index in [0.717, 1.165) is 22.3 Å². The molecule has 0 bridgehead atoms. The summed E-state index contributed by atoms with van der Waals surface area (Å²) in [5.41, 5.74) is 4.73. The minimum absolute atomic E-state index is 0.0882. The van der Waals surface area contributed by atoms with Gasteiger partial charge in [-0.05, 0) is 61.2 Å². The normalized spacial score (nSPS) is 10.3. The lowest BCUT2D eigenvalue weighted by molar-refractivity contribution is -0.139. The summed E-state index contributed by atoms with van der Waals surface area (Å²) in [6, 6.07) is 11.0. The first-order chi connectivity index (χ1) is 11.4. The average Bonchev–Trinajstić information content (AvgIpc) is 2.51. The van der Waals surface area contributed by atoms with Crippen LogP contribution in [0.3, 0.4) is 0 Å². The van der Waals surface area contributed by atoms with Crippen molar-refractivity contribution in [2.24, 2.45) is 0 Å². The van der Waals surface area contributed by atoms with Gasteiger partial charge in [-0.3, -0.25) is 4.79 Å².